The fraction of sp³-hybridized carbons (Fsp3) is 0.562. The van der Waals surface area contributed by atoms with Crippen molar-refractivity contribution >= 4 is 0 Å². The molecule has 3 heteroatoms. The Morgan fingerprint density at radius 3 is 2.47 bits per heavy atom. The summed E-state index contributed by atoms with van der Waals surface area (Å²) in [5.41, 5.74) is 7.78. The molecule has 0 saturated carbocycles. The molecular formula is C16H25N3. The maximum atomic E-state index is 5.81. The van der Waals surface area contributed by atoms with Crippen LogP contribution in [0.5, 0.6) is 0 Å². The van der Waals surface area contributed by atoms with E-state index in [1.54, 1.807) is 0 Å². The Bertz CT molecular complexity index is 431. The number of nitrogens with zero attached hydrogens (tertiary/aromatic N) is 1. The second-order valence-electron chi connectivity index (χ2n) is 5.51. The summed E-state index contributed by atoms with van der Waals surface area (Å²) in [4.78, 5) is 4.44. The van der Waals surface area contributed by atoms with Crippen LogP contribution in [0.25, 0.3) is 0 Å². The highest BCUT2D eigenvalue weighted by Crippen LogP contribution is 2.28. The van der Waals surface area contributed by atoms with Gasteiger partial charge in [-0.2, -0.15) is 0 Å². The molecule has 104 valence electrons. The van der Waals surface area contributed by atoms with E-state index in [0.29, 0.717) is 0 Å². The number of aryl methyl sites for hydroxylation is 2. The third-order valence-corrected chi connectivity index (χ3v) is 3.80. The average molecular weight is 259 g/mol. The van der Waals surface area contributed by atoms with Crippen LogP contribution in [0.2, 0.25) is 0 Å². The van der Waals surface area contributed by atoms with Crippen LogP contribution in [0.15, 0.2) is 23.8 Å². The summed E-state index contributed by atoms with van der Waals surface area (Å²) < 4.78 is 0. The van der Waals surface area contributed by atoms with E-state index in [0.717, 1.165) is 17.8 Å². The van der Waals surface area contributed by atoms with E-state index in [4.69, 9.17) is 5.84 Å². The molecule has 1 aliphatic carbocycles. The van der Waals surface area contributed by atoms with Crippen molar-refractivity contribution in [2.24, 2.45) is 5.84 Å². The molecule has 1 aromatic rings. The summed E-state index contributed by atoms with van der Waals surface area (Å²) in [7, 11) is 0. The molecule has 0 saturated heterocycles. The zero-order chi connectivity index (χ0) is 13.7. The van der Waals surface area contributed by atoms with E-state index >= 15 is 0 Å². The number of nitrogens with one attached hydrogen (secondary N) is 1. The molecule has 1 aliphatic rings. The van der Waals surface area contributed by atoms with Crippen LogP contribution in [-0.2, 0) is 0 Å². The Morgan fingerprint density at radius 1 is 1.11 bits per heavy atom. The smallest absolute Gasteiger partial charge is 0.0671 e. The molecule has 0 bridgehead atoms. The van der Waals surface area contributed by atoms with Crippen LogP contribution < -0.4 is 11.3 Å². The Morgan fingerprint density at radius 2 is 1.79 bits per heavy atom. The van der Waals surface area contributed by atoms with Gasteiger partial charge in [-0.15, -0.1) is 0 Å². The molecule has 0 fully saturated rings. The van der Waals surface area contributed by atoms with Gasteiger partial charge in [0.05, 0.1) is 6.04 Å². The van der Waals surface area contributed by atoms with E-state index < -0.39 is 0 Å². The van der Waals surface area contributed by atoms with Crippen molar-refractivity contribution in [3.05, 3.63) is 40.7 Å². The Kier molecular flexibility index (Phi) is 5.11. The van der Waals surface area contributed by atoms with Crippen molar-refractivity contribution in [3.63, 3.8) is 0 Å². The zero-order valence-corrected chi connectivity index (χ0v) is 12.1. The average Bonchev–Trinajstić information content (AvgIpc) is 2.31. The molecule has 19 heavy (non-hydrogen) atoms. The summed E-state index contributed by atoms with van der Waals surface area (Å²) in [6.45, 7) is 4.08. The molecule has 0 aromatic carbocycles. The van der Waals surface area contributed by atoms with Crippen LogP contribution in [0.3, 0.4) is 0 Å². The monoisotopic (exact) mass is 259 g/mol. The molecular weight excluding hydrogens is 234 g/mol. The molecule has 0 spiro atoms. The Labute approximate surface area is 116 Å². The molecule has 1 unspecified atom stereocenters. The van der Waals surface area contributed by atoms with E-state index in [1.165, 1.54) is 43.2 Å². The normalized spacial score (nSPS) is 21.1. The highest BCUT2D eigenvalue weighted by atomic mass is 15.2. The summed E-state index contributed by atoms with van der Waals surface area (Å²) in [6.07, 6.45) is 9.98. The number of aromatic nitrogens is 1. The maximum absolute atomic E-state index is 5.81. The van der Waals surface area contributed by atoms with Crippen molar-refractivity contribution in [3.8, 4) is 0 Å². The number of rotatable bonds is 3. The third kappa shape index (κ3) is 3.88. The second-order valence-corrected chi connectivity index (χ2v) is 5.51. The fourth-order valence-electron chi connectivity index (χ4n) is 2.93. The van der Waals surface area contributed by atoms with Gasteiger partial charge in [-0.3, -0.25) is 10.8 Å². The van der Waals surface area contributed by atoms with Crippen LogP contribution in [-0.4, -0.2) is 4.98 Å². The molecule has 1 heterocycles. The topological polar surface area (TPSA) is 50.9 Å². The van der Waals surface area contributed by atoms with Crippen molar-refractivity contribution in [2.45, 2.75) is 58.4 Å². The number of hydrogen-bond donors (Lipinski definition) is 2. The third-order valence-electron chi connectivity index (χ3n) is 3.80. The fourth-order valence-corrected chi connectivity index (χ4v) is 2.93. The first kappa shape index (κ1) is 14.2. The Balaban J connectivity index is 2.26. The SMILES string of the molecule is Cc1cc(C(NN)/C2=C/CCCCCC2)cc(C)n1. The number of allylic oxidation sites excluding steroid dienone is 1. The predicted molar refractivity (Wildman–Crippen MR) is 79.6 cm³/mol. The minimum Gasteiger partial charge on any atom is -0.271 e. The second kappa shape index (κ2) is 6.83. The lowest BCUT2D eigenvalue weighted by Gasteiger charge is -2.22. The molecule has 0 amide bonds. The van der Waals surface area contributed by atoms with Crippen LogP contribution in [0.4, 0.5) is 0 Å². The van der Waals surface area contributed by atoms with Gasteiger partial charge < -0.3 is 0 Å². The van der Waals surface area contributed by atoms with Crippen molar-refractivity contribution in [2.75, 3.05) is 0 Å². The standard InChI is InChI=1S/C16H25N3/c1-12-10-15(11-13(2)18-12)16(19-17)14-8-6-4-3-5-7-9-14/h8,10-11,16,19H,3-7,9,17H2,1-2H3/b14-8+. The molecule has 1 aromatic heterocycles. The van der Waals surface area contributed by atoms with Gasteiger partial charge in [-0.25, -0.2) is 5.43 Å². The number of pyridine rings is 1. The lowest BCUT2D eigenvalue weighted by molar-refractivity contribution is 0.554. The summed E-state index contributed by atoms with van der Waals surface area (Å²) >= 11 is 0. The van der Waals surface area contributed by atoms with Gasteiger partial charge in [-0.1, -0.05) is 24.5 Å². The highest BCUT2D eigenvalue weighted by molar-refractivity contribution is 5.30. The Hall–Kier alpha value is -1.19. The van der Waals surface area contributed by atoms with E-state index in [2.05, 4.69) is 28.6 Å². The van der Waals surface area contributed by atoms with Crippen molar-refractivity contribution < 1.29 is 0 Å². The van der Waals surface area contributed by atoms with Crippen molar-refractivity contribution in [1.29, 1.82) is 0 Å². The van der Waals surface area contributed by atoms with Gasteiger partial charge in [-0.05, 0) is 57.2 Å². The van der Waals surface area contributed by atoms with Crippen LogP contribution in [0, 0.1) is 13.8 Å². The van der Waals surface area contributed by atoms with E-state index in [1.807, 2.05) is 13.8 Å². The largest absolute Gasteiger partial charge is 0.271 e. The van der Waals surface area contributed by atoms with Gasteiger partial charge in [0.15, 0.2) is 0 Å². The number of hydrogen-bond acceptors (Lipinski definition) is 3. The van der Waals surface area contributed by atoms with Gasteiger partial charge in [0.25, 0.3) is 0 Å². The van der Waals surface area contributed by atoms with Gasteiger partial charge in [0, 0.05) is 11.4 Å². The number of nitrogens with two attached hydrogens (primary N) is 1. The van der Waals surface area contributed by atoms with E-state index in [-0.39, 0.29) is 6.04 Å². The molecule has 3 nitrogen and oxygen atoms in total. The van der Waals surface area contributed by atoms with Gasteiger partial charge in [0.2, 0.25) is 0 Å². The lowest BCUT2D eigenvalue weighted by Crippen LogP contribution is -2.30. The summed E-state index contributed by atoms with van der Waals surface area (Å²) in [5.74, 6) is 5.81. The first-order chi connectivity index (χ1) is 9.20. The quantitative estimate of drug-likeness (QED) is 0.496. The highest BCUT2D eigenvalue weighted by Gasteiger charge is 2.16. The van der Waals surface area contributed by atoms with Crippen LogP contribution in [0.1, 0.15) is 61.5 Å². The molecule has 3 N–H and O–H groups in total. The molecule has 0 radical (unpaired) electrons. The van der Waals surface area contributed by atoms with Gasteiger partial charge in [0.1, 0.15) is 0 Å². The minimum atomic E-state index is 0.137. The molecule has 2 rings (SSSR count). The number of hydrazine groups is 1. The zero-order valence-electron chi connectivity index (χ0n) is 12.1. The minimum absolute atomic E-state index is 0.137. The first-order valence-electron chi connectivity index (χ1n) is 7.31. The maximum Gasteiger partial charge on any atom is 0.0671 e. The van der Waals surface area contributed by atoms with E-state index in [9.17, 15) is 0 Å². The summed E-state index contributed by atoms with van der Waals surface area (Å²) in [5, 5.41) is 0. The molecule has 1 atom stereocenters. The van der Waals surface area contributed by atoms with Gasteiger partial charge >= 0.3 is 0 Å². The predicted octanol–water partition coefficient (Wildman–Crippen LogP) is 3.48. The lowest BCUT2D eigenvalue weighted by atomic mass is 9.91. The summed E-state index contributed by atoms with van der Waals surface area (Å²) in [6, 6.07) is 4.41. The first-order valence-corrected chi connectivity index (χ1v) is 7.31. The van der Waals surface area contributed by atoms with Crippen molar-refractivity contribution in [1.82, 2.24) is 10.4 Å². The van der Waals surface area contributed by atoms with Crippen LogP contribution >= 0.6 is 0 Å². The molecule has 0 aliphatic heterocycles.